The topological polar surface area (TPSA) is 24.9 Å². The molecule has 0 aliphatic rings. The van der Waals surface area contributed by atoms with Crippen LogP contribution in [0.5, 0.6) is 0 Å². The summed E-state index contributed by atoms with van der Waals surface area (Å²) in [5.74, 6) is 0. The molecular formula is C13H14Cl2N2S. The maximum absolute atomic E-state index is 5.99. The average molecular weight is 301 g/mol. The Labute approximate surface area is 121 Å². The standard InChI is InChI=1S/C13H14Cl2N2S/c1-2-12(13-16-5-6-18-13)17-8-9-3-4-10(14)11(15)7-9/h3-7,12,17H,2,8H2,1H3. The first-order valence-electron chi connectivity index (χ1n) is 5.77. The molecular weight excluding hydrogens is 287 g/mol. The van der Waals surface area contributed by atoms with Crippen LogP contribution in [-0.4, -0.2) is 4.98 Å². The molecule has 2 aromatic rings. The summed E-state index contributed by atoms with van der Waals surface area (Å²) in [7, 11) is 0. The van der Waals surface area contributed by atoms with Crippen LogP contribution in [0.25, 0.3) is 0 Å². The van der Waals surface area contributed by atoms with Crippen molar-refractivity contribution >= 4 is 34.5 Å². The van der Waals surface area contributed by atoms with Gasteiger partial charge in [0.1, 0.15) is 5.01 Å². The van der Waals surface area contributed by atoms with E-state index in [4.69, 9.17) is 23.2 Å². The molecule has 1 aromatic heterocycles. The molecule has 18 heavy (non-hydrogen) atoms. The quantitative estimate of drug-likeness (QED) is 0.866. The monoisotopic (exact) mass is 300 g/mol. The Morgan fingerprint density at radius 3 is 2.78 bits per heavy atom. The van der Waals surface area contributed by atoms with Crippen molar-refractivity contribution in [2.45, 2.75) is 25.9 Å². The molecule has 0 aliphatic carbocycles. The van der Waals surface area contributed by atoms with E-state index in [1.165, 1.54) is 0 Å². The minimum Gasteiger partial charge on any atom is -0.304 e. The zero-order chi connectivity index (χ0) is 13.0. The first-order valence-corrected chi connectivity index (χ1v) is 7.41. The van der Waals surface area contributed by atoms with E-state index in [0.717, 1.165) is 23.5 Å². The molecule has 5 heteroatoms. The van der Waals surface area contributed by atoms with E-state index in [2.05, 4.69) is 17.2 Å². The Bertz CT molecular complexity index is 500. The average Bonchev–Trinajstić information content (AvgIpc) is 2.88. The molecule has 1 atom stereocenters. The predicted octanol–water partition coefficient (Wildman–Crippen LogP) is 4.69. The molecule has 1 unspecified atom stereocenters. The maximum atomic E-state index is 5.99. The summed E-state index contributed by atoms with van der Waals surface area (Å²) in [6.45, 7) is 2.91. The van der Waals surface area contributed by atoms with Gasteiger partial charge in [0.05, 0.1) is 16.1 Å². The smallest absolute Gasteiger partial charge is 0.109 e. The van der Waals surface area contributed by atoms with Gasteiger partial charge in [-0.25, -0.2) is 4.98 Å². The van der Waals surface area contributed by atoms with Crippen LogP contribution in [0, 0.1) is 0 Å². The summed E-state index contributed by atoms with van der Waals surface area (Å²) in [5.41, 5.74) is 1.12. The van der Waals surface area contributed by atoms with Crippen molar-refractivity contribution in [3.05, 3.63) is 50.4 Å². The van der Waals surface area contributed by atoms with Crippen molar-refractivity contribution in [3.63, 3.8) is 0 Å². The minimum absolute atomic E-state index is 0.291. The molecule has 1 heterocycles. The number of aromatic nitrogens is 1. The molecule has 0 fully saturated rings. The number of halogens is 2. The van der Waals surface area contributed by atoms with Crippen molar-refractivity contribution in [2.75, 3.05) is 0 Å². The minimum atomic E-state index is 0.291. The first kappa shape index (κ1) is 13.8. The van der Waals surface area contributed by atoms with Crippen LogP contribution < -0.4 is 5.32 Å². The number of nitrogens with one attached hydrogen (secondary N) is 1. The van der Waals surface area contributed by atoms with Crippen LogP contribution in [0.3, 0.4) is 0 Å². The molecule has 1 N–H and O–H groups in total. The van der Waals surface area contributed by atoms with Gasteiger partial charge in [-0.2, -0.15) is 0 Å². The summed E-state index contributed by atoms with van der Waals surface area (Å²) >= 11 is 13.6. The van der Waals surface area contributed by atoms with E-state index in [9.17, 15) is 0 Å². The molecule has 0 saturated heterocycles. The molecule has 0 saturated carbocycles. The highest BCUT2D eigenvalue weighted by molar-refractivity contribution is 7.09. The van der Waals surface area contributed by atoms with E-state index in [1.54, 1.807) is 11.3 Å². The van der Waals surface area contributed by atoms with E-state index in [1.807, 2.05) is 29.8 Å². The number of nitrogens with zero attached hydrogens (tertiary/aromatic N) is 1. The van der Waals surface area contributed by atoms with Crippen LogP contribution in [0.1, 0.15) is 30.0 Å². The van der Waals surface area contributed by atoms with Gasteiger partial charge in [0.15, 0.2) is 0 Å². The first-order chi connectivity index (χ1) is 8.70. The van der Waals surface area contributed by atoms with Gasteiger partial charge in [0, 0.05) is 18.1 Å². The molecule has 0 spiro atoms. The normalized spacial score (nSPS) is 12.6. The second-order valence-electron chi connectivity index (χ2n) is 3.96. The van der Waals surface area contributed by atoms with Crippen LogP contribution in [-0.2, 0) is 6.54 Å². The van der Waals surface area contributed by atoms with Gasteiger partial charge in [-0.3, -0.25) is 0 Å². The Morgan fingerprint density at radius 1 is 1.33 bits per heavy atom. The lowest BCUT2D eigenvalue weighted by Gasteiger charge is -2.14. The number of rotatable bonds is 5. The van der Waals surface area contributed by atoms with Crippen molar-refractivity contribution < 1.29 is 0 Å². The van der Waals surface area contributed by atoms with Crippen LogP contribution in [0.15, 0.2) is 29.8 Å². The summed E-state index contributed by atoms with van der Waals surface area (Å²) < 4.78 is 0. The van der Waals surface area contributed by atoms with Crippen LogP contribution in [0.4, 0.5) is 0 Å². The van der Waals surface area contributed by atoms with Gasteiger partial charge in [0.2, 0.25) is 0 Å². The predicted molar refractivity (Wildman–Crippen MR) is 78.4 cm³/mol. The fourth-order valence-corrected chi connectivity index (χ4v) is 2.82. The molecule has 0 aliphatic heterocycles. The molecule has 1 aromatic carbocycles. The van der Waals surface area contributed by atoms with Gasteiger partial charge < -0.3 is 5.32 Å². The Kier molecular flexibility index (Phi) is 5.01. The Morgan fingerprint density at radius 2 is 2.17 bits per heavy atom. The summed E-state index contributed by atoms with van der Waals surface area (Å²) in [6, 6.07) is 5.99. The largest absolute Gasteiger partial charge is 0.304 e. The third-order valence-corrected chi connectivity index (χ3v) is 4.32. The van der Waals surface area contributed by atoms with Crippen molar-refractivity contribution in [1.82, 2.24) is 10.3 Å². The summed E-state index contributed by atoms with van der Waals surface area (Å²) in [6.07, 6.45) is 2.85. The number of hydrogen-bond acceptors (Lipinski definition) is 3. The highest BCUT2D eigenvalue weighted by Gasteiger charge is 2.11. The lowest BCUT2D eigenvalue weighted by Crippen LogP contribution is -2.20. The zero-order valence-electron chi connectivity index (χ0n) is 9.99. The van der Waals surface area contributed by atoms with Crippen LogP contribution >= 0.6 is 34.5 Å². The van der Waals surface area contributed by atoms with E-state index < -0.39 is 0 Å². The third-order valence-electron chi connectivity index (χ3n) is 2.69. The number of benzene rings is 1. The lowest BCUT2D eigenvalue weighted by molar-refractivity contribution is 0.516. The molecule has 0 bridgehead atoms. The second-order valence-corrected chi connectivity index (χ2v) is 5.70. The third kappa shape index (κ3) is 3.45. The molecule has 0 amide bonds. The highest BCUT2D eigenvalue weighted by atomic mass is 35.5. The number of thiazole rings is 1. The summed E-state index contributed by atoms with van der Waals surface area (Å²) in [5, 5.41) is 7.79. The highest BCUT2D eigenvalue weighted by Crippen LogP contribution is 2.24. The number of hydrogen-bond donors (Lipinski definition) is 1. The summed E-state index contributed by atoms with van der Waals surface area (Å²) in [4.78, 5) is 4.34. The van der Waals surface area contributed by atoms with Crippen molar-refractivity contribution in [3.8, 4) is 0 Å². The van der Waals surface area contributed by atoms with Gasteiger partial charge in [-0.1, -0.05) is 36.2 Å². The second kappa shape index (κ2) is 6.53. The molecule has 2 nitrogen and oxygen atoms in total. The van der Waals surface area contributed by atoms with Gasteiger partial charge in [-0.05, 0) is 24.1 Å². The molecule has 2 rings (SSSR count). The van der Waals surface area contributed by atoms with Crippen molar-refractivity contribution in [2.24, 2.45) is 0 Å². The van der Waals surface area contributed by atoms with Crippen molar-refractivity contribution in [1.29, 1.82) is 0 Å². The maximum Gasteiger partial charge on any atom is 0.109 e. The van der Waals surface area contributed by atoms with Gasteiger partial charge in [-0.15, -0.1) is 11.3 Å². The lowest BCUT2D eigenvalue weighted by atomic mass is 10.2. The van der Waals surface area contributed by atoms with Gasteiger partial charge in [0.25, 0.3) is 0 Å². The fourth-order valence-electron chi connectivity index (χ4n) is 1.70. The molecule has 96 valence electrons. The SMILES string of the molecule is CCC(NCc1ccc(Cl)c(Cl)c1)c1nccs1. The Balaban J connectivity index is 1.99. The fraction of sp³-hybridized carbons (Fsp3) is 0.308. The van der Waals surface area contributed by atoms with E-state index in [-0.39, 0.29) is 0 Å². The van der Waals surface area contributed by atoms with E-state index in [0.29, 0.717) is 16.1 Å². The zero-order valence-corrected chi connectivity index (χ0v) is 12.3. The Hall–Kier alpha value is -0.610. The van der Waals surface area contributed by atoms with Gasteiger partial charge >= 0.3 is 0 Å². The van der Waals surface area contributed by atoms with Crippen LogP contribution in [0.2, 0.25) is 10.0 Å². The van der Waals surface area contributed by atoms with E-state index >= 15 is 0 Å². The molecule has 0 radical (unpaired) electrons.